The summed E-state index contributed by atoms with van der Waals surface area (Å²) < 4.78 is 5.98. The Bertz CT molecular complexity index is 3490. The summed E-state index contributed by atoms with van der Waals surface area (Å²) in [6.45, 7) is 0. The van der Waals surface area contributed by atoms with Crippen molar-refractivity contribution >= 4 is 71.5 Å². The Morgan fingerprint density at radius 2 is 1.11 bits per heavy atom. The number of nitrogens with zero attached hydrogens (tertiary/aromatic N) is 3. The molecule has 0 spiro atoms. The second kappa shape index (κ2) is 12.7. The van der Waals surface area contributed by atoms with Crippen molar-refractivity contribution in [2.75, 3.05) is 0 Å². The van der Waals surface area contributed by atoms with Gasteiger partial charge >= 0.3 is 0 Å². The topological polar surface area (TPSA) is 34.2 Å². The smallest absolute Gasteiger partial charge is 0.146 e. The maximum Gasteiger partial charge on any atom is 0.146 e. The summed E-state index contributed by atoms with van der Waals surface area (Å²) in [6.07, 6.45) is -0.234. The van der Waals surface area contributed by atoms with Gasteiger partial charge in [0, 0.05) is 32.1 Å². The molecule has 57 heavy (non-hydrogen) atoms. The Morgan fingerprint density at radius 1 is 0.456 bits per heavy atom. The Labute approximate surface area is 332 Å². The number of hydrogen-bond donors (Lipinski definition) is 1. The summed E-state index contributed by atoms with van der Waals surface area (Å²) in [4.78, 5) is 6.52. The van der Waals surface area contributed by atoms with Gasteiger partial charge in [-0.05, 0) is 81.6 Å². The van der Waals surface area contributed by atoms with E-state index in [0.717, 1.165) is 38.0 Å². The molecular weight excluding hydrogens is 713 g/mol. The van der Waals surface area contributed by atoms with E-state index in [9.17, 15) is 0 Å². The highest BCUT2D eigenvalue weighted by Gasteiger charge is 2.24. The monoisotopic (exact) mass is 746 g/mol. The molecule has 1 atom stereocenters. The van der Waals surface area contributed by atoms with Gasteiger partial charge in [-0.3, -0.25) is 9.56 Å². The third-order valence-corrected chi connectivity index (χ3v) is 12.7. The summed E-state index contributed by atoms with van der Waals surface area (Å²) in [5.74, 6) is 1.05. The van der Waals surface area contributed by atoms with E-state index < -0.39 is 0 Å². The summed E-state index contributed by atoms with van der Waals surface area (Å²) in [5.41, 5.74) is 10.6. The van der Waals surface area contributed by atoms with Crippen LogP contribution in [0, 0.1) is 0 Å². The molecule has 1 aliphatic heterocycles. The first-order valence-electron chi connectivity index (χ1n) is 19.4. The number of para-hydroxylation sites is 2. The fraction of sp³-hybridized carbons (Fsp3) is 0.0192. The molecule has 1 N–H and O–H groups in total. The van der Waals surface area contributed by atoms with Gasteiger partial charge in [0.2, 0.25) is 0 Å². The minimum atomic E-state index is -0.234. The maximum atomic E-state index is 5.32. The van der Waals surface area contributed by atoms with Crippen LogP contribution >= 0.6 is 11.3 Å². The first-order valence-corrected chi connectivity index (χ1v) is 20.2. The predicted molar refractivity (Wildman–Crippen MR) is 238 cm³/mol. The third kappa shape index (κ3) is 5.03. The van der Waals surface area contributed by atoms with Crippen molar-refractivity contribution in [2.45, 2.75) is 6.17 Å². The lowest BCUT2D eigenvalue weighted by molar-refractivity contribution is 0.620. The van der Waals surface area contributed by atoms with Gasteiger partial charge in [-0.25, -0.2) is 0 Å². The second-order valence-electron chi connectivity index (χ2n) is 14.8. The van der Waals surface area contributed by atoms with Gasteiger partial charge in [-0.2, -0.15) is 0 Å². The van der Waals surface area contributed by atoms with Crippen molar-refractivity contribution in [1.29, 1.82) is 0 Å². The van der Waals surface area contributed by atoms with Crippen LogP contribution < -0.4 is 15.2 Å². The normalized spacial score (nSPS) is 14.0. The van der Waals surface area contributed by atoms with Crippen LogP contribution in [-0.2, 0) is 0 Å². The number of benzene rings is 8. The number of fused-ring (bicyclic) bond motifs is 9. The molecule has 268 valence electrons. The lowest BCUT2D eigenvalue weighted by Gasteiger charge is -2.23. The zero-order valence-electron chi connectivity index (χ0n) is 30.8. The Kier molecular flexibility index (Phi) is 7.13. The van der Waals surface area contributed by atoms with Crippen LogP contribution in [0.25, 0.3) is 87.5 Å². The fourth-order valence-electron chi connectivity index (χ4n) is 8.93. The van der Waals surface area contributed by atoms with Gasteiger partial charge < -0.3 is 9.88 Å². The summed E-state index contributed by atoms with van der Waals surface area (Å²) >= 11 is 1.80. The standard InChI is InChI=1S/C52H34N4S/c1-4-15-34(16-5-1)48-32-43-50(57-48)52(54-51(53-43)35-17-6-2-7-18-35)56-45-28-26-36(30-42(45)49-39-21-11-10-14-33(39)25-29-46(49)56)37-24-27-41-40-22-12-13-23-44(40)55(47(41)31-37)38-19-8-3-9-20-38/h1-32,51,54H. The molecule has 12 rings (SSSR count). The van der Waals surface area contributed by atoms with Crippen LogP contribution in [0.4, 0.5) is 0 Å². The zero-order valence-corrected chi connectivity index (χ0v) is 31.6. The van der Waals surface area contributed by atoms with E-state index in [4.69, 9.17) is 4.99 Å². The molecule has 3 aromatic heterocycles. The summed E-state index contributed by atoms with van der Waals surface area (Å²) in [7, 11) is 0. The van der Waals surface area contributed by atoms with E-state index in [-0.39, 0.29) is 6.17 Å². The molecule has 0 fully saturated rings. The first-order chi connectivity index (χ1) is 28.3. The van der Waals surface area contributed by atoms with E-state index in [1.165, 1.54) is 64.9 Å². The van der Waals surface area contributed by atoms with Gasteiger partial charge in [0.1, 0.15) is 12.0 Å². The molecule has 0 aliphatic carbocycles. The third-order valence-electron chi connectivity index (χ3n) is 11.5. The molecule has 0 radical (unpaired) electrons. The quantitative estimate of drug-likeness (QED) is 0.187. The van der Waals surface area contributed by atoms with Gasteiger partial charge in [0.25, 0.3) is 0 Å². The number of aromatic nitrogens is 2. The molecule has 4 heterocycles. The molecule has 0 saturated heterocycles. The lowest BCUT2D eigenvalue weighted by atomic mass is 9.99. The molecular formula is C52H34N4S. The molecule has 1 unspecified atom stereocenters. The number of thiophene rings is 1. The molecule has 4 nitrogen and oxygen atoms in total. The average Bonchev–Trinajstić information content (AvgIpc) is 3.97. The molecule has 0 amide bonds. The molecule has 0 saturated carbocycles. The van der Waals surface area contributed by atoms with Crippen molar-refractivity contribution in [1.82, 2.24) is 14.5 Å². The van der Waals surface area contributed by atoms with E-state index in [1.54, 1.807) is 11.3 Å². The largest absolute Gasteiger partial charge is 0.345 e. The minimum Gasteiger partial charge on any atom is -0.345 e. The molecule has 1 aliphatic rings. The van der Waals surface area contributed by atoms with Gasteiger partial charge in [0.15, 0.2) is 0 Å². The van der Waals surface area contributed by atoms with Crippen LogP contribution in [0.2, 0.25) is 0 Å². The number of hydrogen-bond acceptors (Lipinski definition) is 3. The van der Waals surface area contributed by atoms with Crippen LogP contribution in [0.15, 0.2) is 199 Å². The van der Waals surface area contributed by atoms with Crippen molar-refractivity contribution in [3.8, 4) is 27.3 Å². The fourth-order valence-corrected chi connectivity index (χ4v) is 10.0. The highest BCUT2D eigenvalue weighted by atomic mass is 32.1. The van der Waals surface area contributed by atoms with Crippen molar-refractivity contribution in [3.63, 3.8) is 0 Å². The second-order valence-corrected chi connectivity index (χ2v) is 15.8. The predicted octanol–water partition coefficient (Wildman–Crippen LogP) is 12.0. The van der Waals surface area contributed by atoms with Crippen LogP contribution in [0.3, 0.4) is 0 Å². The van der Waals surface area contributed by atoms with Crippen molar-refractivity contribution < 1.29 is 0 Å². The van der Waals surface area contributed by atoms with E-state index in [2.05, 4.69) is 209 Å². The summed E-state index contributed by atoms with van der Waals surface area (Å²) in [5, 5.41) is 12.4. The van der Waals surface area contributed by atoms with Crippen LogP contribution in [-0.4, -0.2) is 9.13 Å². The van der Waals surface area contributed by atoms with Gasteiger partial charge in [-0.1, -0.05) is 146 Å². The Morgan fingerprint density at radius 3 is 1.95 bits per heavy atom. The van der Waals surface area contributed by atoms with Crippen molar-refractivity contribution in [2.24, 2.45) is 4.99 Å². The lowest BCUT2D eigenvalue weighted by Crippen LogP contribution is -2.39. The first kappa shape index (κ1) is 32.1. The van der Waals surface area contributed by atoms with Crippen LogP contribution in [0.1, 0.15) is 11.7 Å². The number of nitrogens with one attached hydrogen (secondary N) is 1. The van der Waals surface area contributed by atoms with Gasteiger partial charge in [0.05, 0.1) is 32.0 Å². The van der Waals surface area contributed by atoms with Gasteiger partial charge in [-0.15, -0.1) is 11.3 Å². The Balaban J connectivity index is 1.13. The maximum absolute atomic E-state index is 5.32. The summed E-state index contributed by atoms with van der Waals surface area (Å²) in [6, 6.07) is 70.2. The SMILES string of the molecule is c1ccc(-c2cc3c(s2)=C(n2c4ccc(-c5ccc6c7ccccc7n(-c7ccccc7)c6c5)cc4c4c5ccccc5ccc42)NC(c2ccccc2)N=3)cc1. The highest BCUT2D eigenvalue weighted by molar-refractivity contribution is 7.13. The van der Waals surface area contributed by atoms with E-state index in [0.29, 0.717) is 0 Å². The minimum absolute atomic E-state index is 0.234. The molecule has 0 bridgehead atoms. The highest BCUT2D eigenvalue weighted by Crippen LogP contribution is 2.40. The Hall–Kier alpha value is -7.21. The molecule has 8 aromatic carbocycles. The zero-order chi connectivity index (χ0) is 37.5. The van der Waals surface area contributed by atoms with Crippen molar-refractivity contribution in [3.05, 3.63) is 210 Å². The molecule has 5 heteroatoms. The van der Waals surface area contributed by atoms with E-state index >= 15 is 0 Å². The average molecular weight is 747 g/mol. The molecule has 11 aromatic rings. The number of rotatable bonds is 5. The van der Waals surface area contributed by atoms with E-state index in [1.807, 2.05) is 0 Å². The van der Waals surface area contributed by atoms with Crippen LogP contribution in [0.5, 0.6) is 0 Å².